The van der Waals surface area contributed by atoms with Gasteiger partial charge >= 0.3 is 0 Å². The van der Waals surface area contributed by atoms with Gasteiger partial charge in [-0.15, -0.1) is 0 Å². The number of para-hydroxylation sites is 1. The number of nitrogens with one attached hydrogen (secondary N) is 1. The molecule has 1 N–H and O–H groups in total. The van der Waals surface area contributed by atoms with Crippen LogP contribution in [0.5, 0.6) is 0 Å². The quantitative estimate of drug-likeness (QED) is 0.585. The molecular weight excluding hydrogens is 422 g/mol. The maximum Gasteiger partial charge on any atom is 0.261 e. The van der Waals surface area contributed by atoms with Crippen molar-refractivity contribution in [2.45, 2.75) is 37.6 Å². The zero-order chi connectivity index (χ0) is 22.7. The summed E-state index contributed by atoms with van der Waals surface area (Å²) in [6.07, 6.45) is 0.834. The molecule has 3 aromatic rings. The molecule has 0 fully saturated rings. The van der Waals surface area contributed by atoms with Crippen LogP contribution in [0.4, 0.5) is 5.69 Å². The highest BCUT2D eigenvalue weighted by molar-refractivity contribution is 7.92. The molecule has 1 heterocycles. The number of hydrogen-bond donors (Lipinski definition) is 1. The van der Waals surface area contributed by atoms with E-state index in [2.05, 4.69) is 9.82 Å². The summed E-state index contributed by atoms with van der Waals surface area (Å²) in [4.78, 5) is 12.8. The summed E-state index contributed by atoms with van der Waals surface area (Å²) < 4.78 is 28.5. The first kappa shape index (κ1) is 21.8. The number of nitrogens with zero attached hydrogens (tertiary/aromatic N) is 2. The van der Waals surface area contributed by atoms with Crippen LogP contribution in [0.15, 0.2) is 88.9 Å². The van der Waals surface area contributed by atoms with Gasteiger partial charge in [-0.25, -0.2) is 13.4 Å². The van der Waals surface area contributed by atoms with Gasteiger partial charge in [-0.3, -0.25) is 9.52 Å². The van der Waals surface area contributed by atoms with E-state index in [4.69, 9.17) is 0 Å². The minimum atomic E-state index is -3.76. The monoisotopic (exact) mass is 447 g/mol. The zero-order valence-corrected chi connectivity index (χ0v) is 18.8. The standard InChI is InChI=1S/C25H25N3O3S/c1-3-25(29)28-24(19-15-13-18(2)14-16-19)17-23(26-28)21-11-7-8-12-22(21)27-32(30,31)20-9-5-4-6-10-20/h4-16,24,27H,3,17H2,1-2H3/t24-/m1/s1. The van der Waals surface area contributed by atoms with E-state index >= 15 is 0 Å². The molecule has 0 saturated carbocycles. The second-order valence-electron chi connectivity index (χ2n) is 7.73. The smallest absolute Gasteiger partial charge is 0.261 e. The van der Waals surface area contributed by atoms with Crippen molar-refractivity contribution in [2.24, 2.45) is 5.10 Å². The Hall–Kier alpha value is -3.45. The summed E-state index contributed by atoms with van der Waals surface area (Å²) in [5.41, 5.74) is 3.91. The fourth-order valence-corrected chi connectivity index (χ4v) is 4.84. The highest BCUT2D eigenvalue weighted by atomic mass is 32.2. The molecule has 0 radical (unpaired) electrons. The Morgan fingerprint density at radius 3 is 2.34 bits per heavy atom. The van der Waals surface area contributed by atoms with E-state index < -0.39 is 10.0 Å². The lowest BCUT2D eigenvalue weighted by Gasteiger charge is -2.21. The maximum absolute atomic E-state index is 12.9. The number of aryl methyl sites for hydroxylation is 1. The van der Waals surface area contributed by atoms with Crippen LogP contribution in [0.3, 0.4) is 0 Å². The van der Waals surface area contributed by atoms with Gasteiger partial charge in [0, 0.05) is 18.4 Å². The highest BCUT2D eigenvalue weighted by Gasteiger charge is 2.33. The summed E-state index contributed by atoms with van der Waals surface area (Å²) in [7, 11) is -3.76. The van der Waals surface area contributed by atoms with Crippen molar-refractivity contribution < 1.29 is 13.2 Å². The van der Waals surface area contributed by atoms with Crippen LogP contribution in [0.1, 0.15) is 42.5 Å². The zero-order valence-electron chi connectivity index (χ0n) is 18.0. The molecule has 1 aliphatic rings. The lowest BCUT2D eigenvalue weighted by atomic mass is 9.97. The van der Waals surface area contributed by atoms with E-state index in [1.807, 2.05) is 50.2 Å². The van der Waals surface area contributed by atoms with Crippen molar-refractivity contribution in [3.05, 3.63) is 95.6 Å². The fourth-order valence-electron chi connectivity index (χ4n) is 3.74. The summed E-state index contributed by atoms with van der Waals surface area (Å²) in [6, 6.07) is 23.2. The van der Waals surface area contributed by atoms with Crippen LogP contribution < -0.4 is 4.72 Å². The van der Waals surface area contributed by atoms with Gasteiger partial charge in [0.05, 0.1) is 22.3 Å². The van der Waals surface area contributed by atoms with Crippen LogP contribution in [0, 0.1) is 6.92 Å². The number of amides is 1. The number of rotatable bonds is 6. The number of sulfonamides is 1. The maximum atomic E-state index is 12.9. The third-order valence-electron chi connectivity index (χ3n) is 5.47. The number of anilines is 1. The van der Waals surface area contributed by atoms with E-state index in [0.29, 0.717) is 29.8 Å². The molecule has 1 aliphatic heterocycles. The second kappa shape index (κ2) is 8.96. The lowest BCUT2D eigenvalue weighted by molar-refractivity contribution is -0.132. The van der Waals surface area contributed by atoms with Crippen LogP contribution in [0.25, 0.3) is 0 Å². The molecule has 1 amide bonds. The first-order valence-electron chi connectivity index (χ1n) is 10.5. The average Bonchev–Trinajstić information content (AvgIpc) is 3.25. The minimum absolute atomic E-state index is 0.0760. The number of hydrogen-bond acceptors (Lipinski definition) is 4. The summed E-state index contributed by atoms with van der Waals surface area (Å²) in [5, 5.41) is 6.17. The molecule has 0 spiro atoms. The van der Waals surface area contributed by atoms with Crippen molar-refractivity contribution in [1.29, 1.82) is 0 Å². The molecule has 0 aromatic heterocycles. The first-order chi connectivity index (χ1) is 15.4. The highest BCUT2D eigenvalue weighted by Crippen LogP contribution is 2.35. The molecule has 0 saturated heterocycles. The molecule has 32 heavy (non-hydrogen) atoms. The predicted octanol–water partition coefficient (Wildman–Crippen LogP) is 4.88. The van der Waals surface area contributed by atoms with Gasteiger partial charge in [0.2, 0.25) is 5.91 Å². The van der Waals surface area contributed by atoms with E-state index in [-0.39, 0.29) is 16.8 Å². The number of carbonyl (C=O) groups excluding carboxylic acids is 1. The molecule has 0 bridgehead atoms. The molecule has 164 valence electrons. The van der Waals surface area contributed by atoms with Crippen LogP contribution >= 0.6 is 0 Å². The molecule has 1 atom stereocenters. The third kappa shape index (κ3) is 4.43. The topological polar surface area (TPSA) is 78.8 Å². The molecule has 3 aromatic carbocycles. The Kier molecular flexibility index (Phi) is 6.10. The SMILES string of the molecule is CCC(=O)N1N=C(c2ccccc2NS(=O)(=O)c2ccccc2)C[C@@H]1c1ccc(C)cc1. The molecule has 7 heteroatoms. The van der Waals surface area contributed by atoms with Gasteiger partial charge in [-0.1, -0.05) is 73.2 Å². The van der Waals surface area contributed by atoms with E-state index in [1.165, 1.54) is 5.01 Å². The van der Waals surface area contributed by atoms with Crippen molar-refractivity contribution in [3.8, 4) is 0 Å². The van der Waals surface area contributed by atoms with Crippen LogP contribution in [-0.2, 0) is 14.8 Å². The normalized spacial score (nSPS) is 16.0. The van der Waals surface area contributed by atoms with Gasteiger partial charge < -0.3 is 0 Å². The average molecular weight is 448 g/mol. The molecule has 0 aliphatic carbocycles. The van der Waals surface area contributed by atoms with E-state index in [0.717, 1.165) is 11.1 Å². The van der Waals surface area contributed by atoms with Crippen molar-refractivity contribution in [3.63, 3.8) is 0 Å². The van der Waals surface area contributed by atoms with Crippen LogP contribution in [-0.4, -0.2) is 25.0 Å². The predicted molar refractivity (Wildman–Crippen MR) is 126 cm³/mol. The Balaban J connectivity index is 1.69. The van der Waals surface area contributed by atoms with Gasteiger partial charge in [0.1, 0.15) is 0 Å². The number of hydrazone groups is 1. The summed E-state index contributed by atoms with van der Waals surface area (Å²) in [6.45, 7) is 3.83. The van der Waals surface area contributed by atoms with Gasteiger partial charge in [0.15, 0.2) is 0 Å². The van der Waals surface area contributed by atoms with E-state index in [9.17, 15) is 13.2 Å². The second-order valence-corrected chi connectivity index (χ2v) is 9.42. The number of carbonyl (C=O) groups is 1. The first-order valence-corrected chi connectivity index (χ1v) is 12.0. The largest absolute Gasteiger partial charge is 0.279 e. The molecule has 4 rings (SSSR count). The summed E-state index contributed by atoms with van der Waals surface area (Å²) in [5.74, 6) is -0.0760. The Morgan fingerprint density at radius 2 is 1.66 bits per heavy atom. The van der Waals surface area contributed by atoms with E-state index in [1.54, 1.807) is 42.5 Å². The fraction of sp³-hybridized carbons (Fsp3) is 0.200. The van der Waals surface area contributed by atoms with Gasteiger partial charge in [0.25, 0.3) is 10.0 Å². The Morgan fingerprint density at radius 1 is 1.00 bits per heavy atom. The summed E-state index contributed by atoms with van der Waals surface area (Å²) >= 11 is 0. The van der Waals surface area contributed by atoms with Crippen LogP contribution in [0.2, 0.25) is 0 Å². The van der Waals surface area contributed by atoms with Crippen molar-refractivity contribution >= 4 is 27.3 Å². The molecule has 0 unspecified atom stereocenters. The number of benzene rings is 3. The van der Waals surface area contributed by atoms with Crippen molar-refractivity contribution in [1.82, 2.24) is 5.01 Å². The van der Waals surface area contributed by atoms with Crippen molar-refractivity contribution in [2.75, 3.05) is 4.72 Å². The lowest BCUT2D eigenvalue weighted by Crippen LogP contribution is -2.26. The molecule has 6 nitrogen and oxygen atoms in total. The third-order valence-corrected chi connectivity index (χ3v) is 6.85. The molecular formula is C25H25N3O3S. The minimum Gasteiger partial charge on any atom is -0.279 e. The van der Waals surface area contributed by atoms with Gasteiger partial charge in [-0.05, 0) is 30.7 Å². The Bertz CT molecular complexity index is 1250. The van der Waals surface area contributed by atoms with Gasteiger partial charge in [-0.2, -0.15) is 5.10 Å². The Labute approximate surface area is 188 Å².